The summed E-state index contributed by atoms with van der Waals surface area (Å²) < 4.78 is 7.76. The highest BCUT2D eigenvalue weighted by atomic mass is 79.9. The molecular weight excluding hydrogens is 417 g/mol. The number of hydrogen-bond acceptors (Lipinski definition) is 2. The molecule has 110 valence electrons. The maximum Gasteiger partial charge on any atom is 0.141 e. The van der Waals surface area contributed by atoms with Crippen molar-refractivity contribution in [3.8, 4) is 11.5 Å². The smallest absolute Gasteiger partial charge is 0.141 e. The molecule has 0 saturated heterocycles. The van der Waals surface area contributed by atoms with Gasteiger partial charge in [-0.15, -0.1) is 0 Å². The first kappa shape index (κ1) is 15.3. The van der Waals surface area contributed by atoms with Crippen molar-refractivity contribution < 1.29 is 4.74 Å². The van der Waals surface area contributed by atoms with Crippen LogP contribution in [0.4, 0.5) is 0 Å². The van der Waals surface area contributed by atoms with Gasteiger partial charge in [-0.1, -0.05) is 33.6 Å². The third-order valence-corrected chi connectivity index (χ3v) is 4.77. The van der Waals surface area contributed by atoms with Crippen LogP contribution in [0.3, 0.4) is 0 Å². The topological polar surface area (TPSA) is 21.3 Å². The average molecular weight is 432 g/mol. The maximum atomic E-state index is 6.33. The first-order valence-corrected chi connectivity index (χ1v) is 8.73. The minimum absolute atomic E-state index is 0.677. The third-order valence-electron chi connectivity index (χ3n) is 3.30. The lowest BCUT2D eigenvalue weighted by Crippen LogP contribution is -2.15. The van der Waals surface area contributed by atoms with Gasteiger partial charge in [-0.25, -0.2) is 0 Å². The number of ether oxygens (including phenoxy) is 1. The first-order chi connectivity index (χ1) is 10.1. The summed E-state index contributed by atoms with van der Waals surface area (Å²) in [6.07, 6.45) is 2.55. The molecule has 2 nitrogen and oxygen atoms in total. The van der Waals surface area contributed by atoms with Gasteiger partial charge >= 0.3 is 0 Å². The number of benzene rings is 2. The number of hydrogen-bond donors (Lipinski definition) is 1. The van der Waals surface area contributed by atoms with Crippen molar-refractivity contribution >= 4 is 43.5 Å². The summed E-state index contributed by atoms with van der Waals surface area (Å²) >= 11 is 13.2. The maximum absolute atomic E-state index is 6.33. The number of nitrogens with one attached hydrogen (secondary N) is 1. The van der Waals surface area contributed by atoms with E-state index in [1.165, 1.54) is 12.8 Å². The molecule has 0 aromatic heterocycles. The highest BCUT2D eigenvalue weighted by molar-refractivity contribution is 9.11. The van der Waals surface area contributed by atoms with Crippen LogP contribution in [0.1, 0.15) is 18.4 Å². The van der Waals surface area contributed by atoms with Crippen LogP contribution in [0.2, 0.25) is 5.02 Å². The SMILES string of the molecule is Clc1cc(Oc2ccc(Br)cc2Br)ccc1CNC1CC1. The molecule has 0 aliphatic heterocycles. The Morgan fingerprint density at radius 1 is 1.14 bits per heavy atom. The molecule has 0 amide bonds. The zero-order valence-corrected chi connectivity index (χ0v) is 15.1. The van der Waals surface area contributed by atoms with Crippen molar-refractivity contribution in [1.29, 1.82) is 0 Å². The Hall–Kier alpha value is -0.550. The van der Waals surface area contributed by atoms with Crippen molar-refractivity contribution in [2.45, 2.75) is 25.4 Å². The molecule has 2 aromatic rings. The molecule has 1 aliphatic rings. The second-order valence-electron chi connectivity index (χ2n) is 5.09. The molecule has 0 heterocycles. The molecule has 5 heteroatoms. The predicted molar refractivity (Wildman–Crippen MR) is 93.2 cm³/mol. The lowest BCUT2D eigenvalue weighted by molar-refractivity contribution is 0.479. The quantitative estimate of drug-likeness (QED) is 0.636. The molecule has 1 N–H and O–H groups in total. The van der Waals surface area contributed by atoms with Crippen LogP contribution < -0.4 is 10.1 Å². The molecule has 1 saturated carbocycles. The third kappa shape index (κ3) is 4.22. The van der Waals surface area contributed by atoms with Crippen LogP contribution in [0.15, 0.2) is 45.3 Å². The molecule has 0 bridgehead atoms. The van der Waals surface area contributed by atoms with Crippen molar-refractivity contribution in [2.75, 3.05) is 0 Å². The van der Waals surface area contributed by atoms with Gasteiger partial charge in [-0.3, -0.25) is 0 Å². The largest absolute Gasteiger partial charge is 0.456 e. The van der Waals surface area contributed by atoms with Crippen molar-refractivity contribution in [3.05, 3.63) is 55.9 Å². The molecule has 0 atom stereocenters. The summed E-state index contributed by atoms with van der Waals surface area (Å²) in [5, 5.41) is 4.19. The summed E-state index contributed by atoms with van der Waals surface area (Å²) in [5.41, 5.74) is 1.10. The Morgan fingerprint density at radius 3 is 2.62 bits per heavy atom. The highest BCUT2D eigenvalue weighted by Gasteiger charge is 2.20. The Labute approximate surface area is 146 Å². The van der Waals surface area contributed by atoms with E-state index in [0.717, 1.165) is 37.6 Å². The van der Waals surface area contributed by atoms with Crippen LogP contribution in [0.5, 0.6) is 11.5 Å². The molecule has 1 aliphatic carbocycles. The standard InChI is InChI=1S/C16H14Br2ClNO/c17-11-2-6-16(14(18)7-11)21-13-5-1-10(15(19)8-13)9-20-12-3-4-12/h1-2,5-8,12,20H,3-4,9H2. The van der Waals surface area contributed by atoms with Gasteiger partial charge in [-0.05, 0) is 64.7 Å². The van der Waals surface area contributed by atoms with E-state index in [1.807, 2.05) is 36.4 Å². The van der Waals surface area contributed by atoms with Gasteiger partial charge in [0, 0.05) is 22.1 Å². The second-order valence-corrected chi connectivity index (χ2v) is 7.26. The van der Waals surface area contributed by atoms with E-state index in [1.54, 1.807) is 0 Å². The fourth-order valence-electron chi connectivity index (χ4n) is 1.96. The lowest BCUT2D eigenvalue weighted by Gasteiger charge is -2.11. The van der Waals surface area contributed by atoms with E-state index >= 15 is 0 Å². The van der Waals surface area contributed by atoms with Crippen molar-refractivity contribution in [3.63, 3.8) is 0 Å². The molecule has 21 heavy (non-hydrogen) atoms. The zero-order chi connectivity index (χ0) is 14.8. The summed E-state index contributed by atoms with van der Waals surface area (Å²) in [7, 11) is 0. The fraction of sp³-hybridized carbons (Fsp3) is 0.250. The van der Waals surface area contributed by atoms with E-state index < -0.39 is 0 Å². The summed E-state index contributed by atoms with van der Waals surface area (Å²) in [6, 6.07) is 12.3. The first-order valence-electron chi connectivity index (χ1n) is 6.76. The van der Waals surface area contributed by atoms with Crippen LogP contribution in [-0.2, 0) is 6.54 Å². The summed E-state index contributed by atoms with van der Waals surface area (Å²) in [4.78, 5) is 0. The van der Waals surface area contributed by atoms with Gasteiger partial charge in [0.1, 0.15) is 11.5 Å². The minimum Gasteiger partial charge on any atom is -0.456 e. The second kappa shape index (κ2) is 6.69. The van der Waals surface area contributed by atoms with Crippen LogP contribution in [0, 0.1) is 0 Å². The van der Waals surface area contributed by atoms with Gasteiger partial charge in [0.15, 0.2) is 0 Å². The van der Waals surface area contributed by atoms with Crippen LogP contribution in [0.25, 0.3) is 0 Å². The predicted octanol–water partition coefficient (Wildman–Crippen LogP) is 5.91. The Morgan fingerprint density at radius 2 is 1.95 bits per heavy atom. The number of rotatable bonds is 5. The average Bonchev–Trinajstić information content (AvgIpc) is 3.25. The van der Waals surface area contributed by atoms with Gasteiger partial charge in [0.2, 0.25) is 0 Å². The molecule has 0 unspecified atom stereocenters. The van der Waals surface area contributed by atoms with E-state index in [-0.39, 0.29) is 0 Å². The summed E-state index contributed by atoms with van der Waals surface area (Å²) in [5.74, 6) is 1.50. The molecule has 0 radical (unpaired) electrons. The minimum atomic E-state index is 0.677. The van der Waals surface area contributed by atoms with Gasteiger partial charge in [-0.2, -0.15) is 0 Å². The lowest BCUT2D eigenvalue weighted by atomic mass is 10.2. The summed E-state index contributed by atoms with van der Waals surface area (Å²) in [6.45, 7) is 0.811. The zero-order valence-electron chi connectivity index (χ0n) is 11.2. The fourth-order valence-corrected chi connectivity index (χ4v) is 3.33. The molecule has 2 aromatic carbocycles. The van der Waals surface area contributed by atoms with E-state index in [4.69, 9.17) is 16.3 Å². The monoisotopic (exact) mass is 429 g/mol. The molecule has 1 fully saturated rings. The highest BCUT2D eigenvalue weighted by Crippen LogP contribution is 2.33. The Bertz CT molecular complexity index is 659. The Kier molecular flexibility index (Phi) is 4.89. The molecular formula is C16H14Br2ClNO. The van der Waals surface area contributed by atoms with Gasteiger partial charge in [0.25, 0.3) is 0 Å². The van der Waals surface area contributed by atoms with Crippen molar-refractivity contribution in [1.82, 2.24) is 5.32 Å². The molecule has 3 rings (SSSR count). The van der Waals surface area contributed by atoms with E-state index in [9.17, 15) is 0 Å². The van der Waals surface area contributed by atoms with E-state index in [2.05, 4.69) is 37.2 Å². The van der Waals surface area contributed by atoms with E-state index in [0.29, 0.717) is 6.04 Å². The van der Waals surface area contributed by atoms with Crippen molar-refractivity contribution in [2.24, 2.45) is 0 Å². The van der Waals surface area contributed by atoms with Crippen LogP contribution in [-0.4, -0.2) is 6.04 Å². The number of halogens is 3. The van der Waals surface area contributed by atoms with Crippen LogP contribution >= 0.6 is 43.5 Å². The van der Waals surface area contributed by atoms with Gasteiger partial charge < -0.3 is 10.1 Å². The normalized spacial score (nSPS) is 14.2. The molecule has 0 spiro atoms. The van der Waals surface area contributed by atoms with Gasteiger partial charge in [0.05, 0.1) is 4.47 Å². The Balaban J connectivity index is 1.71.